The third-order valence-corrected chi connectivity index (χ3v) is 5.71. The largest absolute Gasteiger partial charge is 0.438 e. The number of nitrogens with zero attached hydrogens (tertiary/aromatic N) is 5. The Balaban J connectivity index is 1.60. The van der Waals surface area contributed by atoms with Gasteiger partial charge in [-0.25, -0.2) is 4.98 Å². The molecule has 178 valence electrons. The molecule has 2 aromatic carbocycles. The number of carbonyl (C=O) groups excluding carboxylic acids is 1. The summed E-state index contributed by atoms with van der Waals surface area (Å²) in [6.45, 7) is 10.6. The summed E-state index contributed by atoms with van der Waals surface area (Å²) in [5.41, 5.74) is 2.40. The van der Waals surface area contributed by atoms with E-state index in [4.69, 9.17) is 4.74 Å². The number of aromatic nitrogens is 2. The van der Waals surface area contributed by atoms with Gasteiger partial charge in [0.15, 0.2) is 0 Å². The fourth-order valence-electron chi connectivity index (χ4n) is 3.75. The number of ether oxygens (including phenoxy) is 1. The van der Waals surface area contributed by atoms with Gasteiger partial charge in [0.2, 0.25) is 17.7 Å². The average molecular weight is 470 g/mol. The number of rotatable bonds is 8. The molecule has 9 nitrogen and oxygen atoms in total. The van der Waals surface area contributed by atoms with Gasteiger partial charge in [-0.3, -0.25) is 4.79 Å². The number of hydrogen-bond acceptors (Lipinski definition) is 8. The molecule has 9 heteroatoms. The topological polar surface area (TPSA) is 106 Å². The van der Waals surface area contributed by atoms with Gasteiger partial charge in [0, 0.05) is 31.9 Å². The van der Waals surface area contributed by atoms with Crippen LogP contribution in [0.15, 0.2) is 67.4 Å². The summed E-state index contributed by atoms with van der Waals surface area (Å²) < 4.78 is 5.80. The zero-order chi connectivity index (χ0) is 24.6. The third-order valence-electron chi connectivity index (χ3n) is 5.71. The average Bonchev–Trinajstić information content (AvgIpc) is 2.90. The molecule has 2 heterocycles. The summed E-state index contributed by atoms with van der Waals surface area (Å²) in [4.78, 5) is 25.5. The van der Waals surface area contributed by atoms with Gasteiger partial charge < -0.3 is 25.2 Å². The lowest BCUT2D eigenvalue weighted by atomic mass is 10.2. The predicted octanol–water partition coefficient (Wildman–Crippen LogP) is 4.15. The van der Waals surface area contributed by atoms with Gasteiger partial charge in [0.05, 0.1) is 17.6 Å². The van der Waals surface area contributed by atoms with Crippen LogP contribution in [0.25, 0.3) is 0 Å². The van der Waals surface area contributed by atoms with E-state index >= 15 is 0 Å². The van der Waals surface area contributed by atoms with Crippen LogP contribution in [0.1, 0.15) is 12.5 Å². The lowest BCUT2D eigenvalue weighted by Crippen LogP contribution is -2.46. The molecule has 0 radical (unpaired) electrons. The standard InChI is InChI=1S/C26H27N7O2/c1-3-24(34)29-23-16-20(33-14-12-32(4-2)13-15-33)10-11-22(23)30-26-28-18-19(17-27)25(31-26)35-21-8-6-5-7-9-21/h3,5-11,16,18H,1,4,12-15H2,2H3,(H,29,34)(H,28,30,31). The molecule has 0 atom stereocenters. The normalized spacial score (nSPS) is 13.5. The minimum absolute atomic E-state index is 0.137. The molecule has 1 aromatic heterocycles. The van der Waals surface area contributed by atoms with E-state index in [9.17, 15) is 10.1 Å². The number of anilines is 4. The number of likely N-dealkylation sites (N-methyl/N-ethyl adjacent to an activating group) is 1. The zero-order valence-corrected chi connectivity index (χ0v) is 19.6. The van der Waals surface area contributed by atoms with E-state index in [1.54, 1.807) is 12.1 Å². The number of hydrogen-bond donors (Lipinski definition) is 2. The molecule has 3 aromatic rings. The molecule has 35 heavy (non-hydrogen) atoms. The Kier molecular flexibility index (Phi) is 7.55. The van der Waals surface area contributed by atoms with Crippen LogP contribution < -0.4 is 20.3 Å². The molecular formula is C26H27N7O2. The summed E-state index contributed by atoms with van der Waals surface area (Å²) in [5.74, 6) is 0.599. The van der Waals surface area contributed by atoms with Gasteiger partial charge >= 0.3 is 0 Å². The first-order valence-corrected chi connectivity index (χ1v) is 11.4. The molecule has 1 aliphatic rings. The van der Waals surface area contributed by atoms with Gasteiger partial charge in [-0.05, 0) is 43.0 Å². The van der Waals surface area contributed by atoms with Gasteiger partial charge in [-0.1, -0.05) is 31.7 Å². The van der Waals surface area contributed by atoms with Crippen molar-refractivity contribution < 1.29 is 9.53 Å². The third kappa shape index (κ3) is 5.93. The van der Waals surface area contributed by atoms with Crippen molar-refractivity contribution in [3.8, 4) is 17.7 Å². The van der Waals surface area contributed by atoms with E-state index in [0.29, 0.717) is 17.1 Å². The van der Waals surface area contributed by atoms with Crippen LogP contribution in [0.3, 0.4) is 0 Å². The number of amides is 1. The summed E-state index contributed by atoms with van der Waals surface area (Å²) in [6, 6.07) is 16.9. The summed E-state index contributed by atoms with van der Waals surface area (Å²) in [5, 5.41) is 15.4. The van der Waals surface area contributed by atoms with Crippen LogP contribution in [-0.2, 0) is 4.79 Å². The lowest BCUT2D eigenvalue weighted by Gasteiger charge is -2.35. The minimum atomic E-state index is -0.324. The van der Waals surface area contributed by atoms with Crippen molar-refractivity contribution >= 4 is 28.9 Å². The SMILES string of the molecule is C=CC(=O)Nc1cc(N2CCN(CC)CC2)ccc1Nc1ncc(C#N)c(Oc2ccccc2)n1. The Morgan fingerprint density at radius 1 is 1.17 bits per heavy atom. The molecule has 4 rings (SSSR count). The van der Waals surface area contributed by atoms with Crippen LogP contribution in [0.4, 0.5) is 23.0 Å². The maximum Gasteiger partial charge on any atom is 0.247 e. The molecule has 1 fully saturated rings. The van der Waals surface area contributed by atoms with E-state index < -0.39 is 0 Å². The Morgan fingerprint density at radius 2 is 1.94 bits per heavy atom. The molecule has 0 aliphatic carbocycles. The van der Waals surface area contributed by atoms with E-state index in [1.807, 2.05) is 42.5 Å². The first kappa shape index (κ1) is 23.7. The minimum Gasteiger partial charge on any atom is -0.438 e. The van der Waals surface area contributed by atoms with E-state index in [-0.39, 0.29) is 23.3 Å². The molecule has 0 unspecified atom stereocenters. The number of piperazine rings is 1. The maximum absolute atomic E-state index is 12.1. The molecule has 1 amide bonds. The molecule has 1 saturated heterocycles. The molecular weight excluding hydrogens is 442 g/mol. The number of nitriles is 1. The van der Waals surface area contributed by atoms with Crippen molar-refractivity contribution in [1.82, 2.24) is 14.9 Å². The quantitative estimate of drug-likeness (QED) is 0.474. The highest BCUT2D eigenvalue weighted by molar-refractivity contribution is 6.01. The van der Waals surface area contributed by atoms with Crippen LogP contribution in [0.2, 0.25) is 0 Å². The Bertz CT molecular complexity index is 1230. The first-order valence-electron chi connectivity index (χ1n) is 11.4. The van der Waals surface area contributed by atoms with E-state index in [1.165, 1.54) is 12.3 Å². The molecule has 2 N–H and O–H groups in total. The summed E-state index contributed by atoms with van der Waals surface area (Å²) in [7, 11) is 0. The zero-order valence-electron chi connectivity index (χ0n) is 19.6. The Morgan fingerprint density at radius 3 is 2.63 bits per heavy atom. The molecule has 0 spiro atoms. The second-order valence-corrected chi connectivity index (χ2v) is 7.91. The number of carbonyl (C=O) groups is 1. The second kappa shape index (κ2) is 11.1. The molecule has 0 saturated carbocycles. The molecule has 1 aliphatic heterocycles. The van der Waals surface area contributed by atoms with Crippen molar-refractivity contribution in [2.75, 3.05) is 48.3 Å². The fourth-order valence-corrected chi connectivity index (χ4v) is 3.75. The first-order chi connectivity index (χ1) is 17.1. The maximum atomic E-state index is 12.1. The van der Waals surface area contributed by atoms with Crippen molar-refractivity contribution in [2.45, 2.75) is 6.92 Å². The van der Waals surface area contributed by atoms with Crippen LogP contribution >= 0.6 is 0 Å². The van der Waals surface area contributed by atoms with Crippen LogP contribution in [0, 0.1) is 11.3 Å². The monoisotopic (exact) mass is 469 g/mol. The smallest absolute Gasteiger partial charge is 0.247 e. The Hall–Kier alpha value is -4.42. The van der Waals surface area contributed by atoms with Crippen molar-refractivity contribution in [2.24, 2.45) is 0 Å². The Labute approximate surface area is 204 Å². The van der Waals surface area contributed by atoms with Gasteiger partial charge in [0.25, 0.3) is 0 Å². The molecule has 0 bridgehead atoms. The van der Waals surface area contributed by atoms with Crippen molar-refractivity contribution in [1.29, 1.82) is 5.26 Å². The number of para-hydroxylation sites is 1. The van der Waals surface area contributed by atoms with Crippen LogP contribution in [-0.4, -0.2) is 53.5 Å². The fraction of sp³-hybridized carbons (Fsp3) is 0.231. The predicted molar refractivity (Wildman–Crippen MR) is 136 cm³/mol. The van der Waals surface area contributed by atoms with E-state index in [2.05, 4.69) is 43.9 Å². The van der Waals surface area contributed by atoms with Gasteiger partial charge in [-0.2, -0.15) is 10.2 Å². The number of nitrogens with one attached hydrogen (secondary N) is 2. The van der Waals surface area contributed by atoms with E-state index in [0.717, 1.165) is 38.4 Å². The van der Waals surface area contributed by atoms with Crippen molar-refractivity contribution in [3.63, 3.8) is 0 Å². The van der Waals surface area contributed by atoms with Crippen molar-refractivity contribution in [3.05, 3.63) is 72.9 Å². The highest BCUT2D eigenvalue weighted by atomic mass is 16.5. The summed E-state index contributed by atoms with van der Waals surface area (Å²) in [6.07, 6.45) is 2.62. The van der Waals surface area contributed by atoms with Gasteiger partial charge in [-0.15, -0.1) is 0 Å². The van der Waals surface area contributed by atoms with Gasteiger partial charge in [0.1, 0.15) is 17.4 Å². The van der Waals surface area contributed by atoms with Crippen LogP contribution in [0.5, 0.6) is 11.6 Å². The highest BCUT2D eigenvalue weighted by Crippen LogP contribution is 2.31. The lowest BCUT2D eigenvalue weighted by molar-refractivity contribution is -0.111. The highest BCUT2D eigenvalue weighted by Gasteiger charge is 2.18. The number of benzene rings is 2. The summed E-state index contributed by atoms with van der Waals surface area (Å²) >= 11 is 0. The second-order valence-electron chi connectivity index (χ2n) is 7.91.